The molecular weight excluding hydrogens is 587 g/mol. The van der Waals surface area contributed by atoms with E-state index in [9.17, 15) is 13.2 Å². The number of sulfonamides is 1. The van der Waals surface area contributed by atoms with Crippen LogP contribution in [0.1, 0.15) is 20.8 Å². The summed E-state index contributed by atoms with van der Waals surface area (Å²) in [6.45, 7) is 4.53. The fraction of sp³-hybridized carbons (Fsp3) is 0.200. The smallest absolute Gasteiger partial charge is 0.327 e. The topological polar surface area (TPSA) is 124 Å². The molecule has 2 N–H and O–H groups in total. The highest BCUT2D eigenvalue weighted by molar-refractivity contribution is 7.92. The second-order valence-electron chi connectivity index (χ2n) is 9.60. The minimum Gasteiger partial charge on any atom is -0.459 e. The Labute approximate surface area is 238 Å². The number of imidazole rings is 1. The van der Waals surface area contributed by atoms with Crippen LogP contribution in [0.25, 0.3) is 27.9 Å². The molecule has 10 nitrogen and oxygen atoms in total. The molecule has 0 unspecified atom stereocenters. The van der Waals surface area contributed by atoms with Gasteiger partial charge in [-0.15, -0.1) is 0 Å². The van der Waals surface area contributed by atoms with E-state index in [2.05, 4.69) is 19.9 Å². The first-order valence-corrected chi connectivity index (χ1v) is 14.1. The fourth-order valence-electron chi connectivity index (χ4n) is 4.09. The SMILES string of the molecule is CC(C)(C)OC(=O)CN(c1ccc2c(ccn2-c2nc(Cl)nc3[nH+]c[nH]c23)c1)S(=O)(=O)c1cc(Cl)cc(Cl)c1. The largest absolute Gasteiger partial charge is 0.459 e. The van der Waals surface area contributed by atoms with Gasteiger partial charge in [0.25, 0.3) is 10.0 Å². The molecule has 202 valence electrons. The standard InChI is InChI=1S/C25H21Cl3N6O4S/c1-25(2,3)38-20(35)12-34(39(36,37)18-10-15(26)9-16(27)11-18)17-4-5-19-14(8-17)6-7-33(19)23-21-22(30-13-29-21)31-24(28)32-23/h4-11,13H,12H2,1-3H3,(H,29,30,31,32)/p+1. The summed E-state index contributed by atoms with van der Waals surface area (Å²) in [6, 6.07) is 10.7. The number of carbonyl (C=O) groups excluding carboxylic acids is 1. The van der Waals surface area contributed by atoms with Gasteiger partial charge in [-0.1, -0.05) is 28.2 Å². The molecule has 0 radical (unpaired) electrons. The maximum absolute atomic E-state index is 13.8. The monoisotopic (exact) mass is 607 g/mol. The van der Waals surface area contributed by atoms with Gasteiger partial charge in [0.15, 0.2) is 12.1 Å². The Morgan fingerprint density at radius 1 is 1.08 bits per heavy atom. The van der Waals surface area contributed by atoms with E-state index in [0.717, 1.165) is 4.31 Å². The van der Waals surface area contributed by atoms with Gasteiger partial charge >= 0.3 is 16.9 Å². The first-order chi connectivity index (χ1) is 18.3. The van der Waals surface area contributed by atoms with Gasteiger partial charge in [0.05, 0.1) is 16.1 Å². The molecule has 3 heterocycles. The van der Waals surface area contributed by atoms with E-state index in [-0.39, 0.29) is 25.9 Å². The third-order valence-corrected chi connectivity index (χ3v) is 7.95. The van der Waals surface area contributed by atoms with Crippen molar-refractivity contribution in [1.82, 2.24) is 19.5 Å². The lowest BCUT2D eigenvalue weighted by atomic mass is 10.2. The van der Waals surface area contributed by atoms with Crippen molar-refractivity contribution < 1.29 is 22.9 Å². The first kappa shape index (κ1) is 27.2. The van der Waals surface area contributed by atoms with Crippen molar-refractivity contribution in [3.05, 3.63) is 70.3 Å². The quantitative estimate of drug-likeness (QED) is 0.208. The molecule has 2 aromatic carbocycles. The lowest BCUT2D eigenvalue weighted by molar-refractivity contribution is -0.347. The Balaban J connectivity index is 1.62. The third kappa shape index (κ3) is 5.53. The number of carbonyl (C=O) groups is 1. The van der Waals surface area contributed by atoms with Gasteiger partial charge in [0.2, 0.25) is 5.52 Å². The molecule has 14 heteroatoms. The summed E-state index contributed by atoms with van der Waals surface area (Å²) in [4.78, 5) is 27.2. The lowest BCUT2D eigenvalue weighted by Crippen LogP contribution is -2.39. The Hall–Kier alpha value is -3.38. The summed E-state index contributed by atoms with van der Waals surface area (Å²) in [5.74, 6) is -0.223. The van der Waals surface area contributed by atoms with Crippen LogP contribution in [0.3, 0.4) is 0 Å². The zero-order valence-corrected chi connectivity index (χ0v) is 24.0. The molecule has 0 aliphatic rings. The number of anilines is 1. The Bertz CT molecular complexity index is 1830. The van der Waals surface area contributed by atoms with Gasteiger partial charge in [-0.3, -0.25) is 18.7 Å². The van der Waals surface area contributed by atoms with Crippen LogP contribution in [-0.4, -0.2) is 46.1 Å². The third-order valence-electron chi connectivity index (χ3n) is 5.59. The minimum absolute atomic E-state index is 0.0571. The molecule has 0 fully saturated rings. The molecule has 5 rings (SSSR count). The number of halogens is 3. The molecular formula is C25H22Cl3N6O4S+. The van der Waals surface area contributed by atoms with Gasteiger partial charge < -0.3 is 4.74 Å². The number of benzene rings is 2. The van der Waals surface area contributed by atoms with E-state index in [1.54, 1.807) is 62.1 Å². The van der Waals surface area contributed by atoms with Crippen LogP contribution in [0.5, 0.6) is 0 Å². The predicted molar refractivity (Wildman–Crippen MR) is 149 cm³/mol. The van der Waals surface area contributed by atoms with Crippen molar-refractivity contribution >= 4 is 78.5 Å². The summed E-state index contributed by atoms with van der Waals surface area (Å²) < 4.78 is 35.8. The van der Waals surface area contributed by atoms with Crippen molar-refractivity contribution in [2.24, 2.45) is 0 Å². The summed E-state index contributed by atoms with van der Waals surface area (Å²) in [6.07, 6.45) is 3.39. The van der Waals surface area contributed by atoms with Crippen molar-refractivity contribution in [3.8, 4) is 5.82 Å². The molecule has 0 aliphatic heterocycles. The second-order valence-corrected chi connectivity index (χ2v) is 12.7. The molecule has 3 aromatic heterocycles. The highest BCUT2D eigenvalue weighted by Gasteiger charge is 2.30. The van der Waals surface area contributed by atoms with E-state index >= 15 is 0 Å². The number of ether oxygens (including phenoxy) is 1. The van der Waals surface area contributed by atoms with Crippen LogP contribution < -0.4 is 9.29 Å². The first-order valence-electron chi connectivity index (χ1n) is 11.6. The van der Waals surface area contributed by atoms with E-state index in [1.165, 1.54) is 18.2 Å². The molecule has 0 saturated heterocycles. The number of aromatic nitrogens is 5. The van der Waals surface area contributed by atoms with Gasteiger partial charge in [-0.05, 0) is 74.8 Å². The molecule has 0 amide bonds. The zero-order valence-electron chi connectivity index (χ0n) is 20.9. The van der Waals surface area contributed by atoms with Crippen molar-refractivity contribution in [3.63, 3.8) is 0 Å². The number of aromatic amines is 2. The number of hydrogen-bond acceptors (Lipinski definition) is 6. The normalized spacial score (nSPS) is 12.3. The average molecular weight is 609 g/mol. The lowest BCUT2D eigenvalue weighted by Gasteiger charge is -2.26. The number of nitrogens with one attached hydrogen (secondary N) is 2. The summed E-state index contributed by atoms with van der Waals surface area (Å²) in [5.41, 5.74) is 1.30. The zero-order chi connectivity index (χ0) is 28.1. The minimum atomic E-state index is -4.28. The molecule has 0 atom stereocenters. The highest BCUT2D eigenvalue weighted by atomic mass is 35.5. The number of rotatable bonds is 6. The van der Waals surface area contributed by atoms with Crippen LogP contribution in [0.4, 0.5) is 5.69 Å². The molecule has 0 bridgehead atoms. The number of fused-ring (bicyclic) bond motifs is 2. The van der Waals surface area contributed by atoms with E-state index in [0.29, 0.717) is 27.9 Å². The molecule has 5 aromatic rings. The molecule has 0 saturated carbocycles. The molecule has 0 aliphatic carbocycles. The number of nitrogens with zero attached hydrogens (tertiary/aromatic N) is 4. The Kier molecular flexibility index (Phi) is 6.96. The van der Waals surface area contributed by atoms with Gasteiger partial charge in [-0.25, -0.2) is 13.4 Å². The summed E-state index contributed by atoms with van der Waals surface area (Å²) in [5, 5.41) is 1.02. The van der Waals surface area contributed by atoms with Crippen molar-refractivity contribution in [2.75, 3.05) is 10.8 Å². The number of hydrogen-bond donors (Lipinski definition) is 1. The highest BCUT2D eigenvalue weighted by Crippen LogP contribution is 2.32. The predicted octanol–water partition coefficient (Wildman–Crippen LogP) is 5.21. The maximum Gasteiger partial charge on any atom is 0.327 e. The van der Waals surface area contributed by atoms with Gasteiger partial charge in [-0.2, -0.15) is 4.98 Å². The number of esters is 1. The van der Waals surface area contributed by atoms with Crippen LogP contribution in [0.15, 0.2) is 59.9 Å². The summed E-state index contributed by atoms with van der Waals surface area (Å²) >= 11 is 18.3. The van der Waals surface area contributed by atoms with Crippen molar-refractivity contribution in [1.29, 1.82) is 0 Å². The Morgan fingerprint density at radius 3 is 2.49 bits per heavy atom. The van der Waals surface area contributed by atoms with Gasteiger partial charge in [0.1, 0.15) is 12.1 Å². The summed E-state index contributed by atoms with van der Waals surface area (Å²) in [7, 11) is -4.28. The van der Waals surface area contributed by atoms with E-state index < -0.39 is 28.1 Å². The van der Waals surface area contributed by atoms with Crippen LogP contribution in [0, 0.1) is 0 Å². The fourth-order valence-corrected chi connectivity index (χ4v) is 6.38. The molecule has 39 heavy (non-hydrogen) atoms. The van der Waals surface area contributed by atoms with Crippen LogP contribution >= 0.6 is 34.8 Å². The second kappa shape index (κ2) is 9.98. The van der Waals surface area contributed by atoms with Crippen LogP contribution in [0.2, 0.25) is 15.3 Å². The molecule has 0 spiro atoms. The number of H-pyrrole nitrogens is 2. The van der Waals surface area contributed by atoms with Gasteiger partial charge in [0, 0.05) is 21.6 Å². The van der Waals surface area contributed by atoms with Crippen LogP contribution in [-0.2, 0) is 19.6 Å². The van der Waals surface area contributed by atoms with E-state index in [4.69, 9.17) is 39.5 Å². The van der Waals surface area contributed by atoms with Crippen molar-refractivity contribution in [2.45, 2.75) is 31.3 Å². The maximum atomic E-state index is 13.8. The Morgan fingerprint density at radius 2 is 1.79 bits per heavy atom. The average Bonchev–Trinajstić information content (AvgIpc) is 3.46. The van der Waals surface area contributed by atoms with E-state index in [1.807, 2.05) is 0 Å².